The molecule has 0 saturated heterocycles. The van der Waals surface area contributed by atoms with Gasteiger partial charge in [-0.15, -0.1) is 11.6 Å². The van der Waals surface area contributed by atoms with Crippen molar-refractivity contribution in [1.29, 1.82) is 0 Å². The highest BCUT2D eigenvalue weighted by atomic mass is 35.5. The van der Waals surface area contributed by atoms with Crippen LogP contribution in [0.2, 0.25) is 0 Å². The average Bonchev–Trinajstić information content (AvgIpc) is 2.35. The Kier molecular flexibility index (Phi) is 5.84. The highest BCUT2D eigenvalue weighted by Crippen LogP contribution is 2.12. The standard InChI is InChI=1S/C13H18ClNO2/c1-3-15(12-7-5-4-6-8-12)9-10-17-13(16)11(2)14/h4-8,11H,3,9-10H2,1-2H3. The highest BCUT2D eigenvalue weighted by molar-refractivity contribution is 6.29. The first-order chi connectivity index (χ1) is 8.15. The van der Waals surface area contributed by atoms with Crippen molar-refractivity contribution in [2.75, 3.05) is 24.6 Å². The van der Waals surface area contributed by atoms with E-state index >= 15 is 0 Å². The topological polar surface area (TPSA) is 29.5 Å². The SMILES string of the molecule is CCN(CCOC(=O)C(C)Cl)c1ccccc1. The van der Waals surface area contributed by atoms with E-state index in [1.165, 1.54) is 0 Å². The van der Waals surface area contributed by atoms with Gasteiger partial charge in [-0.05, 0) is 26.0 Å². The molecule has 0 aliphatic heterocycles. The number of nitrogens with zero attached hydrogens (tertiary/aromatic N) is 1. The van der Waals surface area contributed by atoms with Crippen molar-refractivity contribution in [2.24, 2.45) is 0 Å². The van der Waals surface area contributed by atoms with E-state index in [0.29, 0.717) is 13.2 Å². The van der Waals surface area contributed by atoms with E-state index in [2.05, 4.69) is 11.8 Å². The fourth-order valence-corrected chi connectivity index (χ4v) is 1.54. The van der Waals surface area contributed by atoms with Crippen LogP contribution >= 0.6 is 11.6 Å². The normalized spacial score (nSPS) is 11.9. The van der Waals surface area contributed by atoms with E-state index in [1.54, 1.807) is 6.92 Å². The van der Waals surface area contributed by atoms with Crippen molar-refractivity contribution in [2.45, 2.75) is 19.2 Å². The summed E-state index contributed by atoms with van der Waals surface area (Å²) < 4.78 is 5.04. The Morgan fingerprint density at radius 2 is 2.06 bits per heavy atom. The van der Waals surface area contributed by atoms with Gasteiger partial charge in [-0.3, -0.25) is 4.79 Å². The van der Waals surface area contributed by atoms with Crippen molar-refractivity contribution in [1.82, 2.24) is 0 Å². The van der Waals surface area contributed by atoms with Gasteiger partial charge in [0.05, 0.1) is 6.54 Å². The van der Waals surface area contributed by atoms with E-state index < -0.39 is 5.38 Å². The molecule has 1 atom stereocenters. The van der Waals surface area contributed by atoms with Gasteiger partial charge in [0.2, 0.25) is 0 Å². The third kappa shape index (κ3) is 4.65. The van der Waals surface area contributed by atoms with Crippen LogP contribution in [-0.4, -0.2) is 31.0 Å². The lowest BCUT2D eigenvalue weighted by Gasteiger charge is -2.22. The second kappa shape index (κ2) is 7.17. The molecule has 4 heteroatoms. The molecular weight excluding hydrogens is 238 g/mol. The maximum atomic E-state index is 11.2. The number of para-hydroxylation sites is 1. The van der Waals surface area contributed by atoms with Gasteiger partial charge in [0.25, 0.3) is 0 Å². The summed E-state index contributed by atoms with van der Waals surface area (Å²) in [7, 11) is 0. The number of hydrogen-bond acceptors (Lipinski definition) is 3. The minimum atomic E-state index is -0.582. The molecule has 0 aliphatic carbocycles. The minimum absolute atomic E-state index is 0.360. The van der Waals surface area contributed by atoms with Crippen LogP contribution in [0.25, 0.3) is 0 Å². The fourth-order valence-electron chi connectivity index (χ4n) is 1.48. The summed E-state index contributed by atoms with van der Waals surface area (Å²) in [5, 5.41) is -0.582. The zero-order chi connectivity index (χ0) is 12.7. The van der Waals surface area contributed by atoms with Gasteiger partial charge in [-0.2, -0.15) is 0 Å². The molecule has 1 rings (SSSR count). The van der Waals surface area contributed by atoms with E-state index in [0.717, 1.165) is 12.2 Å². The van der Waals surface area contributed by atoms with Crippen LogP contribution in [0.15, 0.2) is 30.3 Å². The molecule has 1 aromatic carbocycles. The van der Waals surface area contributed by atoms with Gasteiger partial charge in [0.15, 0.2) is 0 Å². The molecule has 3 nitrogen and oxygen atoms in total. The number of carbonyl (C=O) groups excluding carboxylic acids is 1. The number of halogens is 1. The van der Waals surface area contributed by atoms with E-state index in [4.69, 9.17) is 16.3 Å². The van der Waals surface area contributed by atoms with Crippen LogP contribution in [0, 0.1) is 0 Å². The van der Waals surface area contributed by atoms with Crippen molar-refractivity contribution < 1.29 is 9.53 Å². The number of likely N-dealkylation sites (N-methyl/N-ethyl adjacent to an activating group) is 1. The van der Waals surface area contributed by atoms with Gasteiger partial charge >= 0.3 is 5.97 Å². The largest absolute Gasteiger partial charge is 0.463 e. The number of hydrogen-bond donors (Lipinski definition) is 0. The van der Waals surface area contributed by atoms with Crippen LogP contribution in [0.1, 0.15) is 13.8 Å². The summed E-state index contributed by atoms with van der Waals surface area (Å²) in [6.45, 7) is 5.59. The van der Waals surface area contributed by atoms with E-state index in [9.17, 15) is 4.79 Å². The monoisotopic (exact) mass is 255 g/mol. The van der Waals surface area contributed by atoms with Gasteiger partial charge in [0, 0.05) is 12.2 Å². The smallest absolute Gasteiger partial charge is 0.323 e. The molecule has 0 amide bonds. The Morgan fingerprint density at radius 1 is 1.41 bits per heavy atom. The summed E-state index contributed by atoms with van der Waals surface area (Å²) in [5.74, 6) is -0.365. The predicted molar refractivity (Wildman–Crippen MR) is 70.6 cm³/mol. The fraction of sp³-hybridized carbons (Fsp3) is 0.462. The minimum Gasteiger partial charge on any atom is -0.463 e. The lowest BCUT2D eigenvalue weighted by atomic mass is 10.3. The number of alkyl halides is 1. The molecule has 0 N–H and O–H groups in total. The maximum Gasteiger partial charge on any atom is 0.323 e. The third-order valence-corrected chi connectivity index (χ3v) is 2.61. The Morgan fingerprint density at radius 3 is 2.59 bits per heavy atom. The third-order valence-electron chi connectivity index (χ3n) is 2.43. The lowest BCUT2D eigenvalue weighted by molar-refractivity contribution is -0.142. The molecule has 94 valence electrons. The Hall–Kier alpha value is -1.22. The molecule has 0 saturated carbocycles. The van der Waals surface area contributed by atoms with Crippen LogP contribution in [0.4, 0.5) is 5.69 Å². The van der Waals surface area contributed by atoms with E-state index in [-0.39, 0.29) is 5.97 Å². The van der Waals surface area contributed by atoms with Crippen LogP contribution < -0.4 is 4.90 Å². The van der Waals surface area contributed by atoms with Crippen molar-refractivity contribution >= 4 is 23.3 Å². The summed E-state index contributed by atoms with van der Waals surface area (Å²) in [5.41, 5.74) is 1.13. The second-order valence-corrected chi connectivity index (χ2v) is 4.35. The maximum absolute atomic E-state index is 11.2. The number of ether oxygens (including phenoxy) is 1. The zero-order valence-corrected chi connectivity index (χ0v) is 11.0. The average molecular weight is 256 g/mol. The molecular formula is C13H18ClNO2. The first-order valence-electron chi connectivity index (χ1n) is 5.76. The number of rotatable bonds is 6. The number of benzene rings is 1. The summed E-state index contributed by atoms with van der Waals surface area (Å²) >= 11 is 5.61. The van der Waals surface area contributed by atoms with Gasteiger partial charge < -0.3 is 9.64 Å². The quantitative estimate of drug-likeness (QED) is 0.578. The molecule has 0 aromatic heterocycles. The Labute approximate surface area is 107 Å². The van der Waals surface area contributed by atoms with Crippen LogP contribution in [-0.2, 0) is 9.53 Å². The molecule has 0 spiro atoms. The Balaban J connectivity index is 2.41. The van der Waals surface area contributed by atoms with Gasteiger partial charge in [-0.25, -0.2) is 0 Å². The summed E-state index contributed by atoms with van der Waals surface area (Å²) in [4.78, 5) is 13.3. The van der Waals surface area contributed by atoms with Crippen molar-refractivity contribution in [3.05, 3.63) is 30.3 Å². The molecule has 0 bridgehead atoms. The number of esters is 1. The molecule has 0 aliphatic rings. The molecule has 0 fully saturated rings. The second-order valence-electron chi connectivity index (χ2n) is 3.70. The van der Waals surface area contributed by atoms with E-state index in [1.807, 2.05) is 30.3 Å². The first-order valence-corrected chi connectivity index (χ1v) is 6.19. The summed E-state index contributed by atoms with van der Waals surface area (Å²) in [6.07, 6.45) is 0. The Bertz CT molecular complexity index is 341. The number of anilines is 1. The first kappa shape index (κ1) is 13.8. The molecule has 1 aromatic rings. The van der Waals surface area contributed by atoms with Crippen molar-refractivity contribution in [3.8, 4) is 0 Å². The predicted octanol–water partition coefficient (Wildman–Crippen LogP) is 2.68. The zero-order valence-electron chi connectivity index (χ0n) is 10.2. The van der Waals surface area contributed by atoms with Crippen LogP contribution in [0.3, 0.4) is 0 Å². The molecule has 0 heterocycles. The highest BCUT2D eigenvalue weighted by Gasteiger charge is 2.11. The molecule has 0 radical (unpaired) electrons. The van der Waals surface area contributed by atoms with Crippen molar-refractivity contribution in [3.63, 3.8) is 0 Å². The lowest BCUT2D eigenvalue weighted by Crippen LogP contribution is -2.29. The molecule has 17 heavy (non-hydrogen) atoms. The van der Waals surface area contributed by atoms with Crippen LogP contribution in [0.5, 0.6) is 0 Å². The van der Waals surface area contributed by atoms with Gasteiger partial charge in [0.1, 0.15) is 12.0 Å². The number of carbonyl (C=O) groups is 1. The van der Waals surface area contributed by atoms with Gasteiger partial charge in [-0.1, -0.05) is 18.2 Å². The molecule has 1 unspecified atom stereocenters. The summed E-state index contributed by atoms with van der Waals surface area (Å²) in [6, 6.07) is 10.0.